The lowest BCUT2D eigenvalue weighted by Crippen LogP contribution is -2.70. The lowest BCUT2D eigenvalue weighted by Gasteiger charge is -2.47. The number of amides is 1. The van der Waals surface area contributed by atoms with E-state index in [4.69, 9.17) is 9.47 Å². The van der Waals surface area contributed by atoms with Gasteiger partial charge >= 0.3 is 24.6 Å². The van der Waals surface area contributed by atoms with Crippen molar-refractivity contribution >= 4 is 11.9 Å². The third-order valence-electron chi connectivity index (χ3n) is 7.12. The number of Topliss-reactive ketones (excluding diaryl/α,β-unsaturated/α-hetero) is 1. The van der Waals surface area contributed by atoms with Crippen LogP contribution >= 0.6 is 0 Å². The number of rotatable bonds is 7. The Morgan fingerprint density at radius 1 is 0.886 bits per heavy atom. The van der Waals surface area contributed by atoms with Gasteiger partial charge in [-0.1, -0.05) is 30.3 Å². The Hall–Kier alpha value is -3.33. The zero-order chi connectivity index (χ0) is 33.4. The Labute approximate surface area is 247 Å². The van der Waals surface area contributed by atoms with Gasteiger partial charge in [0.2, 0.25) is 0 Å². The first-order valence-corrected chi connectivity index (χ1v) is 13.3. The summed E-state index contributed by atoms with van der Waals surface area (Å²) in [4.78, 5) is 25.1. The quantitative estimate of drug-likeness (QED) is 0.307. The number of alkyl carbamates (subject to hydrolysis) is 1. The third kappa shape index (κ3) is 8.43. The van der Waals surface area contributed by atoms with Crippen molar-refractivity contribution in [3.05, 3.63) is 70.8 Å². The van der Waals surface area contributed by atoms with Gasteiger partial charge in [0.15, 0.2) is 0 Å². The second-order valence-electron chi connectivity index (χ2n) is 11.6. The van der Waals surface area contributed by atoms with Gasteiger partial charge in [0.1, 0.15) is 11.1 Å². The molecule has 0 saturated carbocycles. The summed E-state index contributed by atoms with van der Waals surface area (Å²) in [6.45, 7) is 4.48. The second-order valence-corrected chi connectivity index (χ2v) is 11.6. The number of ketones is 1. The summed E-state index contributed by atoms with van der Waals surface area (Å²) in [5.74, 6) is -2.23. The maximum Gasteiger partial charge on any atom is 0.452 e. The van der Waals surface area contributed by atoms with Gasteiger partial charge in [-0.2, -0.15) is 39.5 Å². The van der Waals surface area contributed by atoms with E-state index in [2.05, 4.69) is 10.6 Å². The van der Waals surface area contributed by atoms with Gasteiger partial charge < -0.3 is 20.1 Å². The molecule has 0 spiro atoms. The molecule has 1 amide bonds. The predicted molar refractivity (Wildman–Crippen MR) is 139 cm³/mol. The summed E-state index contributed by atoms with van der Waals surface area (Å²) in [5, 5.41) is 4.93. The molecule has 3 rings (SSSR count). The maximum atomic E-state index is 13.7. The molecule has 2 aromatic carbocycles. The van der Waals surface area contributed by atoms with Crippen LogP contribution in [0.3, 0.4) is 0 Å². The predicted octanol–water partition coefficient (Wildman–Crippen LogP) is 7.48. The minimum absolute atomic E-state index is 0.0146. The largest absolute Gasteiger partial charge is 0.452 e. The molecule has 44 heavy (non-hydrogen) atoms. The van der Waals surface area contributed by atoms with E-state index in [-0.39, 0.29) is 12.5 Å². The molecular weight excluding hydrogens is 611 g/mol. The molecular formula is C29H31F9N2O4. The molecule has 1 heterocycles. The van der Waals surface area contributed by atoms with Crippen molar-refractivity contribution in [3.8, 4) is 0 Å². The highest BCUT2D eigenvalue weighted by molar-refractivity contribution is 5.96. The number of ether oxygens (including phenoxy) is 2. The van der Waals surface area contributed by atoms with Crippen molar-refractivity contribution in [2.75, 3.05) is 13.2 Å². The van der Waals surface area contributed by atoms with Crippen molar-refractivity contribution < 1.29 is 58.6 Å². The van der Waals surface area contributed by atoms with E-state index < -0.39 is 89.5 Å². The van der Waals surface area contributed by atoms with Crippen molar-refractivity contribution in [2.24, 2.45) is 0 Å². The van der Waals surface area contributed by atoms with Crippen molar-refractivity contribution in [2.45, 2.75) is 81.8 Å². The fraction of sp³-hybridized carbons (Fsp3) is 0.517. The number of nitrogens with one attached hydrogen (secondary N) is 2. The van der Waals surface area contributed by atoms with Crippen LogP contribution in [0, 0.1) is 0 Å². The van der Waals surface area contributed by atoms with Gasteiger partial charge in [-0.05, 0) is 69.9 Å². The van der Waals surface area contributed by atoms with Gasteiger partial charge in [-0.3, -0.25) is 4.79 Å². The van der Waals surface area contributed by atoms with E-state index in [0.29, 0.717) is 17.7 Å². The maximum absolute atomic E-state index is 13.7. The average Bonchev–Trinajstić information content (AvgIpc) is 2.90. The van der Waals surface area contributed by atoms with Crippen LogP contribution in [-0.4, -0.2) is 42.3 Å². The van der Waals surface area contributed by atoms with Gasteiger partial charge in [-0.15, -0.1) is 0 Å². The molecule has 0 aromatic heterocycles. The summed E-state index contributed by atoms with van der Waals surface area (Å²) in [7, 11) is 0. The summed E-state index contributed by atoms with van der Waals surface area (Å²) in [5.41, 5.74) is -7.97. The second kappa shape index (κ2) is 12.2. The highest BCUT2D eigenvalue weighted by Crippen LogP contribution is 2.41. The van der Waals surface area contributed by atoms with E-state index in [1.807, 2.05) is 0 Å². The number of benzene rings is 2. The molecule has 15 heteroatoms. The monoisotopic (exact) mass is 642 g/mol. The number of hydrogen-bond acceptors (Lipinski definition) is 5. The number of hydrogen-bond donors (Lipinski definition) is 2. The van der Waals surface area contributed by atoms with Gasteiger partial charge in [0.05, 0.1) is 29.4 Å². The zero-order valence-electron chi connectivity index (χ0n) is 24.1. The van der Waals surface area contributed by atoms with Crippen molar-refractivity contribution in [1.82, 2.24) is 10.6 Å². The van der Waals surface area contributed by atoms with Crippen molar-refractivity contribution in [1.29, 1.82) is 0 Å². The number of alkyl halides is 9. The molecule has 2 N–H and O–H groups in total. The normalized spacial score (nSPS) is 22.3. The Morgan fingerprint density at radius 3 is 1.86 bits per heavy atom. The topological polar surface area (TPSA) is 76.7 Å². The van der Waals surface area contributed by atoms with Crippen molar-refractivity contribution in [3.63, 3.8) is 0 Å². The smallest absolute Gasteiger partial charge is 0.444 e. The molecule has 6 nitrogen and oxygen atoms in total. The van der Waals surface area contributed by atoms with Gasteiger partial charge in [0.25, 0.3) is 5.78 Å². The van der Waals surface area contributed by atoms with E-state index in [1.54, 1.807) is 30.3 Å². The minimum Gasteiger partial charge on any atom is -0.444 e. The molecule has 244 valence electrons. The average molecular weight is 643 g/mol. The lowest BCUT2D eigenvalue weighted by molar-refractivity contribution is -0.180. The standard InChI is InChI=1S/C29H31F9N2O4/c1-17(18-12-20(27(30,31)32)14-21(13-18)28(33,34)35)43-16-26(19-8-6-5-7-9-19)11-10-25(15-39-26,22(41)29(36,37)38)40-23(42)44-24(2,3)4/h5-9,12-14,17,39H,10-11,15-16H2,1-4H3,(H,40,42)/t17?,25-,26+/m0/s1. The molecule has 1 unspecified atom stereocenters. The number of carbonyl (C=O) groups is 2. The molecule has 0 bridgehead atoms. The highest BCUT2D eigenvalue weighted by atomic mass is 19.4. The molecule has 1 aliphatic rings. The Kier molecular flexibility index (Phi) is 9.76. The van der Waals surface area contributed by atoms with Gasteiger partial charge in [0, 0.05) is 6.54 Å². The molecule has 1 aliphatic heterocycles. The summed E-state index contributed by atoms with van der Waals surface area (Å²) in [6, 6.07) is 9.08. The molecule has 1 fully saturated rings. The third-order valence-corrected chi connectivity index (χ3v) is 7.12. The lowest BCUT2D eigenvalue weighted by atomic mass is 9.74. The number of piperidine rings is 1. The summed E-state index contributed by atoms with van der Waals surface area (Å²) < 4.78 is 132. The first kappa shape index (κ1) is 35.2. The van der Waals surface area contributed by atoms with Crippen LogP contribution in [0.2, 0.25) is 0 Å². The summed E-state index contributed by atoms with van der Waals surface area (Å²) >= 11 is 0. The molecule has 1 saturated heterocycles. The minimum atomic E-state index is -5.34. The Morgan fingerprint density at radius 2 is 1.43 bits per heavy atom. The van der Waals surface area contributed by atoms with Gasteiger partial charge in [-0.25, -0.2) is 4.79 Å². The van der Waals surface area contributed by atoms with E-state index in [0.717, 1.165) is 0 Å². The molecule has 0 aliphatic carbocycles. The Balaban J connectivity index is 1.95. The van der Waals surface area contributed by atoms with Crippen LogP contribution in [0.5, 0.6) is 0 Å². The van der Waals surface area contributed by atoms with Crippen LogP contribution in [0.4, 0.5) is 44.3 Å². The van der Waals surface area contributed by atoms with Crippen LogP contribution in [0.1, 0.15) is 68.9 Å². The fourth-order valence-electron chi connectivity index (χ4n) is 4.84. The van der Waals surface area contributed by atoms with E-state index in [9.17, 15) is 49.1 Å². The molecule has 3 atom stereocenters. The fourth-order valence-corrected chi connectivity index (χ4v) is 4.84. The Bertz CT molecular complexity index is 1290. The number of carbonyl (C=O) groups excluding carboxylic acids is 2. The van der Waals surface area contributed by atoms with Crippen LogP contribution in [-0.2, 0) is 32.2 Å². The summed E-state index contributed by atoms with van der Waals surface area (Å²) in [6.07, 6.45) is -18.9. The van der Waals surface area contributed by atoms with Crippen LogP contribution < -0.4 is 10.6 Å². The van der Waals surface area contributed by atoms with Crippen LogP contribution in [0.15, 0.2) is 48.5 Å². The van der Waals surface area contributed by atoms with Crippen LogP contribution in [0.25, 0.3) is 0 Å². The number of halogens is 9. The first-order chi connectivity index (χ1) is 20.0. The first-order valence-electron chi connectivity index (χ1n) is 13.3. The SMILES string of the molecule is CC(OC[C@@]1(c2ccccc2)CC[C@@](NC(=O)OC(C)(C)C)(C(=O)C(F)(F)F)CN1)c1cc(C(F)(F)F)cc(C(F)(F)F)c1. The zero-order valence-corrected chi connectivity index (χ0v) is 24.1. The highest BCUT2D eigenvalue weighted by Gasteiger charge is 2.57. The van der Waals surface area contributed by atoms with E-state index >= 15 is 0 Å². The van der Waals surface area contributed by atoms with E-state index in [1.165, 1.54) is 27.7 Å². The molecule has 2 aromatic rings. The molecule has 0 radical (unpaired) electrons.